The molecule has 1 fully saturated rings. The van der Waals surface area contributed by atoms with Gasteiger partial charge in [0, 0.05) is 17.8 Å². The monoisotopic (exact) mass is 336 g/mol. The molecule has 3 N–H and O–H groups in total. The van der Waals surface area contributed by atoms with Crippen molar-refractivity contribution in [2.45, 2.75) is 77.4 Å². The van der Waals surface area contributed by atoms with Crippen LogP contribution in [0.4, 0.5) is 4.79 Å². The Balaban J connectivity index is 1.94. The van der Waals surface area contributed by atoms with Gasteiger partial charge in [-0.25, -0.2) is 4.79 Å². The molecule has 0 unspecified atom stereocenters. The highest BCUT2D eigenvalue weighted by atomic mass is 16.3. The minimum Gasteiger partial charge on any atom is -0.394 e. The van der Waals surface area contributed by atoms with Crippen molar-refractivity contribution in [1.82, 2.24) is 20.4 Å². The lowest BCUT2D eigenvalue weighted by Gasteiger charge is -2.39. The maximum Gasteiger partial charge on any atom is 0.315 e. The third-order valence-electron chi connectivity index (χ3n) is 5.23. The number of nitrogens with zero attached hydrogens (tertiary/aromatic N) is 2. The highest BCUT2D eigenvalue weighted by Gasteiger charge is 2.36. The lowest BCUT2D eigenvalue weighted by atomic mass is 9.76. The molecular formula is C18H32N4O2. The van der Waals surface area contributed by atoms with Gasteiger partial charge in [-0.3, -0.25) is 4.68 Å². The van der Waals surface area contributed by atoms with E-state index in [1.54, 1.807) is 6.20 Å². The second-order valence-corrected chi connectivity index (χ2v) is 7.58. The molecule has 1 aromatic heterocycles. The van der Waals surface area contributed by atoms with Crippen LogP contribution in [-0.4, -0.2) is 33.1 Å². The molecule has 1 heterocycles. The van der Waals surface area contributed by atoms with Crippen LogP contribution >= 0.6 is 0 Å². The van der Waals surface area contributed by atoms with E-state index < -0.39 is 5.54 Å². The van der Waals surface area contributed by atoms with Crippen LogP contribution in [0.15, 0.2) is 12.4 Å². The Hall–Kier alpha value is -1.56. The third kappa shape index (κ3) is 4.50. The second-order valence-electron chi connectivity index (χ2n) is 7.58. The predicted octanol–water partition coefficient (Wildman–Crippen LogP) is 3.16. The average molecular weight is 336 g/mol. The fourth-order valence-electron chi connectivity index (χ4n) is 3.44. The van der Waals surface area contributed by atoms with Crippen molar-refractivity contribution in [3.05, 3.63) is 18.0 Å². The largest absolute Gasteiger partial charge is 0.394 e. The van der Waals surface area contributed by atoms with Crippen molar-refractivity contribution in [2.24, 2.45) is 5.92 Å². The van der Waals surface area contributed by atoms with Crippen molar-refractivity contribution < 1.29 is 9.90 Å². The number of urea groups is 1. The van der Waals surface area contributed by atoms with Crippen LogP contribution < -0.4 is 10.6 Å². The van der Waals surface area contributed by atoms with Gasteiger partial charge in [-0.1, -0.05) is 19.3 Å². The molecule has 1 aliphatic rings. The molecule has 24 heavy (non-hydrogen) atoms. The van der Waals surface area contributed by atoms with Crippen molar-refractivity contribution in [3.63, 3.8) is 0 Å². The van der Waals surface area contributed by atoms with Crippen molar-refractivity contribution in [1.29, 1.82) is 0 Å². The van der Waals surface area contributed by atoms with E-state index in [0.29, 0.717) is 12.0 Å². The first-order valence-electron chi connectivity index (χ1n) is 9.09. The third-order valence-corrected chi connectivity index (χ3v) is 5.23. The van der Waals surface area contributed by atoms with E-state index in [9.17, 15) is 9.90 Å². The molecule has 0 spiro atoms. The van der Waals surface area contributed by atoms with Crippen LogP contribution in [0.25, 0.3) is 0 Å². The molecule has 6 heteroatoms. The van der Waals surface area contributed by atoms with Crippen LogP contribution in [0.3, 0.4) is 0 Å². The highest BCUT2D eigenvalue weighted by molar-refractivity contribution is 5.75. The summed E-state index contributed by atoms with van der Waals surface area (Å²) in [5.74, 6) is 0.334. The highest BCUT2D eigenvalue weighted by Crippen LogP contribution is 2.32. The summed E-state index contributed by atoms with van der Waals surface area (Å²) in [6.07, 6.45) is 9.48. The molecule has 6 nitrogen and oxygen atoms in total. The summed E-state index contributed by atoms with van der Waals surface area (Å²) in [4.78, 5) is 12.4. The zero-order chi connectivity index (χ0) is 17.7. The second kappa shape index (κ2) is 8.01. The van der Waals surface area contributed by atoms with Crippen LogP contribution in [0, 0.1) is 5.92 Å². The molecule has 1 aromatic rings. The standard InChI is InChI=1S/C18H32N4O2/c1-13(2)22-11-15(10-19-22)14(3)20-17(24)21-18(4,12-23)16-8-6-5-7-9-16/h10-11,13-14,16,23H,5-9,12H2,1-4H3,(H2,20,21,24)/t14-,18+/m0/s1. The fraction of sp³-hybridized carbons (Fsp3) is 0.778. The number of rotatable bonds is 6. The molecule has 2 rings (SSSR count). The summed E-state index contributed by atoms with van der Waals surface area (Å²) in [6.45, 7) is 7.99. The predicted molar refractivity (Wildman–Crippen MR) is 94.8 cm³/mol. The molecule has 2 amide bonds. The van der Waals surface area contributed by atoms with Crippen LogP contribution in [0.1, 0.15) is 77.4 Å². The van der Waals surface area contributed by atoms with Gasteiger partial charge in [0.05, 0.1) is 24.4 Å². The van der Waals surface area contributed by atoms with Gasteiger partial charge in [-0.15, -0.1) is 0 Å². The smallest absolute Gasteiger partial charge is 0.315 e. The minimum atomic E-state index is -0.563. The number of carbonyl (C=O) groups excluding carboxylic acids is 1. The zero-order valence-electron chi connectivity index (χ0n) is 15.4. The summed E-state index contributed by atoms with van der Waals surface area (Å²) in [5.41, 5.74) is 0.411. The Labute approximate surface area is 145 Å². The maximum atomic E-state index is 12.4. The van der Waals surface area contributed by atoms with Crippen molar-refractivity contribution in [3.8, 4) is 0 Å². The number of aromatic nitrogens is 2. The first kappa shape index (κ1) is 18.8. The Bertz CT molecular complexity index is 537. The summed E-state index contributed by atoms with van der Waals surface area (Å²) >= 11 is 0. The first-order valence-corrected chi connectivity index (χ1v) is 9.09. The van der Waals surface area contributed by atoms with Crippen LogP contribution in [-0.2, 0) is 0 Å². The van der Waals surface area contributed by atoms with Gasteiger partial charge >= 0.3 is 6.03 Å². The van der Waals surface area contributed by atoms with Gasteiger partial charge in [0.2, 0.25) is 0 Å². The van der Waals surface area contributed by atoms with Gasteiger partial charge in [0.25, 0.3) is 0 Å². The van der Waals surface area contributed by atoms with Crippen molar-refractivity contribution >= 4 is 6.03 Å². The fourth-order valence-corrected chi connectivity index (χ4v) is 3.44. The number of amides is 2. The number of nitrogens with one attached hydrogen (secondary N) is 2. The number of hydrogen-bond donors (Lipinski definition) is 3. The van der Waals surface area contributed by atoms with Crippen LogP contribution in [0.2, 0.25) is 0 Å². The van der Waals surface area contributed by atoms with Gasteiger partial charge < -0.3 is 15.7 Å². The average Bonchev–Trinajstić information content (AvgIpc) is 3.06. The van der Waals surface area contributed by atoms with Gasteiger partial charge in [0.1, 0.15) is 0 Å². The summed E-state index contributed by atoms with van der Waals surface area (Å²) in [5, 5.41) is 20.1. The van der Waals surface area contributed by atoms with E-state index in [-0.39, 0.29) is 18.7 Å². The summed E-state index contributed by atoms with van der Waals surface area (Å²) < 4.78 is 1.88. The number of aliphatic hydroxyl groups is 1. The number of hydrogen-bond acceptors (Lipinski definition) is 3. The van der Waals surface area contributed by atoms with Gasteiger partial charge in [-0.05, 0) is 46.5 Å². The molecular weight excluding hydrogens is 304 g/mol. The van der Waals surface area contributed by atoms with E-state index in [2.05, 4.69) is 29.6 Å². The Morgan fingerprint density at radius 1 is 1.38 bits per heavy atom. The molecule has 136 valence electrons. The Kier molecular flexibility index (Phi) is 6.27. The van der Waals surface area contributed by atoms with Gasteiger partial charge in [0.15, 0.2) is 0 Å². The SMILES string of the molecule is CC(C)n1cc([C@H](C)NC(=O)N[C@](C)(CO)C2CCCCC2)cn1. The molecule has 0 aromatic carbocycles. The van der Waals surface area contributed by atoms with E-state index in [4.69, 9.17) is 0 Å². The maximum absolute atomic E-state index is 12.4. The minimum absolute atomic E-state index is 0.0370. The molecule has 0 bridgehead atoms. The molecule has 1 aliphatic carbocycles. The van der Waals surface area contributed by atoms with Gasteiger partial charge in [-0.2, -0.15) is 5.10 Å². The van der Waals surface area contributed by atoms with E-state index in [0.717, 1.165) is 18.4 Å². The lowest BCUT2D eigenvalue weighted by molar-refractivity contribution is 0.101. The number of aliphatic hydroxyl groups excluding tert-OH is 1. The Morgan fingerprint density at radius 2 is 2.04 bits per heavy atom. The van der Waals surface area contributed by atoms with E-state index in [1.807, 2.05) is 24.7 Å². The molecule has 2 atom stereocenters. The topological polar surface area (TPSA) is 79.2 Å². The Morgan fingerprint density at radius 3 is 2.58 bits per heavy atom. The lowest BCUT2D eigenvalue weighted by Crippen LogP contribution is -2.57. The molecule has 1 saturated carbocycles. The first-order chi connectivity index (χ1) is 11.4. The molecule has 0 aliphatic heterocycles. The van der Waals surface area contributed by atoms with Crippen molar-refractivity contribution in [2.75, 3.05) is 6.61 Å². The summed E-state index contributed by atoms with van der Waals surface area (Å²) in [6, 6.07) is -0.0718. The van der Waals surface area contributed by atoms with E-state index >= 15 is 0 Å². The molecule has 0 saturated heterocycles. The quantitative estimate of drug-likeness (QED) is 0.746. The van der Waals surface area contributed by atoms with Crippen LogP contribution in [0.5, 0.6) is 0 Å². The van der Waals surface area contributed by atoms with E-state index in [1.165, 1.54) is 19.3 Å². The zero-order valence-corrected chi connectivity index (χ0v) is 15.4. The number of carbonyl (C=O) groups is 1. The summed E-state index contributed by atoms with van der Waals surface area (Å²) in [7, 11) is 0. The molecule has 0 radical (unpaired) electrons. The normalized spacial score (nSPS) is 19.8.